The minimum atomic E-state index is -3.53. The number of rotatable bonds is 7. The van der Waals surface area contributed by atoms with Gasteiger partial charge in [0.25, 0.3) is 0 Å². The van der Waals surface area contributed by atoms with Crippen LogP contribution in [0, 0.1) is 5.92 Å². The van der Waals surface area contributed by atoms with Crippen molar-refractivity contribution < 1.29 is 27.9 Å². The molecule has 0 heterocycles. The lowest BCUT2D eigenvalue weighted by Gasteiger charge is -2.26. The van der Waals surface area contributed by atoms with Crippen LogP contribution in [0.2, 0.25) is 0 Å². The van der Waals surface area contributed by atoms with Crippen molar-refractivity contribution in [1.82, 2.24) is 4.72 Å². The summed E-state index contributed by atoms with van der Waals surface area (Å²) in [6, 6.07) is -0.238. The number of carboxylic acids is 1. The Labute approximate surface area is 118 Å². The predicted molar refractivity (Wildman–Crippen MR) is 71.6 cm³/mol. The lowest BCUT2D eigenvalue weighted by atomic mass is 9.87. The highest BCUT2D eigenvalue weighted by atomic mass is 32.2. The molecule has 0 atom stereocenters. The molecular formula is C12H21NO6S. The highest BCUT2D eigenvalue weighted by molar-refractivity contribution is 7.89. The summed E-state index contributed by atoms with van der Waals surface area (Å²) in [6.45, 7) is 1.89. The molecule has 8 heteroatoms. The molecule has 0 aliphatic heterocycles. The van der Waals surface area contributed by atoms with E-state index in [0.29, 0.717) is 25.7 Å². The fourth-order valence-corrected chi connectivity index (χ4v) is 3.52. The van der Waals surface area contributed by atoms with Crippen LogP contribution < -0.4 is 4.72 Å². The standard InChI is InChI=1S/C12H21NO6S/c1-2-19-11(14)7-8-20(17,18)13-10-5-3-9(4-6-10)12(15)16/h9-10,13H,2-8H2,1H3,(H,15,16). The maximum absolute atomic E-state index is 11.8. The van der Waals surface area contributed by atoms with Gasteiger partial charge in [-0.2, -0.15) is 0 Å². The van der Waals surface area contributed by atoms with Crippen molar-refractivity contribution in [3.05, 3.63) is 0 Å². The molecule has 1 fully saturated rings. The average Bonchev–Trinajstić information content (AvgIpc) is 2.37. The topological polar surface area (TPSA) is 110 Å². The van der Waals surface area contributed by atoms with Crippen molar-refractivity contribution in [3.8, 4) is 0 Å². The molecule has 0 spiro atoms. The van der Waals surface area contributed by atoms with Crippen molar-refractivity contribution in [1.29, 1.82) is 0 Å². The number of carbonyl (C=O) groups is 2. The molecule has 116 valence electrons. The van der Waals surface area contributed by atoms with E-state index in [9.17, 15) is 18.0 Å². The first-order chi connectivity index (χ1) is 9.34. The molecule has 0 saturated heterocycles. The third kappa shape index (κ3) is 5.87. The molecular weight excluding hydrogens is 286 g/mol. The molecule has 0 aromatic carbocycles. The Morgan fingerprint density at radius 2 is 1.85 bits per heavy atom. The number of esters is 1. The Hall–Kier alpha value is -1.15. The van der Waals surface area contributed by atoms with Crippen molar-refractivity contribution in [2.24, 2.45) is 5.92 Å². The van der Waals surface area contributed by atoms with Crippen LogP contribution in [0.3, 0.4) is 0 Å². The van der Waals surface area contributed by atoms with Crippen molar-refractivity contribution in [2.75, 3.05) is 12.4 Å². The van der Waals surface area contributed by atoms with Crippen LogP contribution in [0.5, 0.6) is 0 Å². The van der Waals surface area contributed by atoms with Gasteiger partial charge in [0.1, 0.15) is 0 Å². The Bertz CT molecular complexity index is 439. The van der Waals surface area contributed by atoms with Crippen LogP contribution in [0.4, 0.5) is 0 Å². The van der Waals surface area contributed by atoms with E-state index in [4.69, 9.17) is 5.11 Å². The highest BCUT2D eigenvalue weighted by Crippen LogP contribution is 2.24. The monoisotopic (exact) mass is 307 g/mol. The van der Waals surface area contributed by atoms with Gasteiger partial charge in [0.2, 0.25) is 10.0 Å². The molecule has 0 unspecified atom stereocenters. The first-order valence-electron chi connectivity index (χ1n) is 6.72. The highest BCUT2D eigenvalue weighted by Gasteiger charge is 2.28. The molecule has 0 aromatic rings. The van der Waals surface area contributed by atoms with Crippen LogP contribution in [-0.4, -0.2) is 43.9 Å². The molecule has 20 heavy (non-hydrogen) atoms. The van der Waals surface area contributed by atoms with Gasteiger partial charge in [-0.25, -0.2) is 13.1 Å². The van der Waals surface area contributed by atoms with Crippen molar-refractivity contribution in [2.45, 2.75) is 45.1 Å². The first kappa shape index (κ1) is 16.9. The Kier molecular flexibility index (Phi) is 6.41. The fourth-order valence-electron chi connectivity index (χ4n) is 2.22. The largest absolute Gasteiger partial charge is 0.481 e. The minimum Gasteiger partial charge on any atom is -0.481 e. The minimum absolute atomic E-state index is 0.173. The van der Waals surface area contributed by atoms with E-state index in [0.717, 1.165) is 0 Å². The summed E-state index contributed by atoms with van der Waals surface area (Å²) in [5.74, 6) is -2.04. The molecule has 1 rings (SSSR count). The third-order valence-electron chi connectivity index (χ3n) is 3.30. The molecule has 1 aliphatic rings. The smallest absolute Gasteiger partial charge is 0.306 e. The lowest BCUT2D eigenvalue weighted by molar-refractivity contribution is -0.143. The fraction of sp³-hybridized carbons (Fsp3) is 0.833. The second-order valence-corrected chi connectivity index (χ2v) is 6.75. The van der Waals surface area contributed by atoms with Gasteiger partial charge in [0.15, 0.2) is 0 Å². The second-order valence-electron chi connectivity index (χ2n) is 4.88. The Morgan fingerprint density at radius 1 is 1.25 bits per heavy atom. The van der Waals surface area contributed by atoms with E-state index >= 15 is 0 Å². The third-order valence-corrected chi connectivity index (χ3v) is 4.74. The molecule has 0 radical (unpaired) electrons. The maximum Gasteiger partial charge on any atom is 0.306 e. The summed E-state index contributed by atoms with van der Waals surface area (Å²) >= 11 is 0. The van der Waals surface area contributed by atoms with E-state index in [1.807, 2.05) is 0 Å². The van der Waals surface area contributed by atoms with E-state index in [2.05, 4.69) is 9.46 Å². The van der Waals surface area contributed by atoms with Gasteiger partial charge in [-0.3, -0.25) is 9.59 Å². The van der Waals surface area contributed by atoms with Gasteiger partial charge in [-0.05, 0) is 32.6 Å². The van der Waals surface area contributed by atoms with Crippen LogP contribution in [0.25, 0.3) is 0 Å². The van der Waals surface area contributed by atoms with Gasteiger partial charge in [-0.1, -0.05) is 0 Å². The van der Waals surface area contributed by atoms with Gasteiger partial charge in [0.05, 0.1) is 24.7 Å². The van der Waals surface area contributed by atoms with Gasteiger partial charge in [-0.15, -0.1) is 0 Å². The van der Waals surface area contributed by atoms with Gasteiger partial charge >= 0.3 is 11.9 Å². The number of ether oxygens (including phenoxy) is 1. The summed E-state index contributed by atoms with van der Waals surface area (Å²) < 4.78 is 30.8. The molecule has 7 nitrogen and oxygen atoms in total. The number of hydrogen-bond acceptors (Lipinski definition) is 5. The number of nitrogens with one attached hydrogen (secondary N) is 1. The van der Waals surface area contributed by atoms with E-state index < -0.39 is 22.0 Å². The molecule has 1 aliphatic carbocycles. The first-order valence-corrected chi connectivity index (χ1v) is 8.37. The SMILES string of the molecule is CCOC(=O)CCS(=O)(=O)NC1CCC(C(=O)O)CC1. The molecule has 0 bridgehead atoms. The Balaban J connectivity index is 2.36. The van der Waals surface area contributed by atoms with Gasteiger partial charge in [0, 0.05) is 6.04 Å². The van der Waals surface area contributed by atoms with E-state index in [1.165, 1.54) is 0 Å². The summed E-state index contributed by atoms with van der Waals surface area (Å²) in [6.07, 6.45) is 1.79. The predicted octanol–water partition coefficient (Wildman–Crippen LogP) is 0.502. The maximum atomic E-state index is 11.8. The van der Waals surface area contributed by atoms with Crippen LogP contribution in [0.1, 0.15) is 39.0 Å². The second kappa shape index (κ2) is 7.58. The molecule has 0 aromatic heterocycles. The summed E-state index contributed by atoms with van der Waals surface area (Å²) in [7, 11) is -3.53. The number of hydrogen-bond donors (Lipinski definition) is 2. The molecule has 0 amide bonds. The Morgan fingerprint density at radius 3 is 2.35 bits per heavy atom. The molecule has 2 N–H and O–H groups in total. The van der Waals surface area contributed by atoms with Crippen LogP contribution >= 0.6 is 0 Å². The summed E-state index contributed by atoms with van der Waals surface area (Å²) in [4.78, 5) is 21.9. The van der Waals surface area contributed by atoms with Gasteiger partial charge < -0.3 is 9.84 Å². The zero-order valence-electron chi connectivity index (χ0n) is 11.5. The summed E-state index contributed by atoms with van der Waals surface area (Å²) in [5, 5.41) is 8.86. The number of aliphatic carboxylic acids is 1. The number of carbonyl (C=O) groups excluding carboxylic acids is 1. The lowest BCUT2D eigenvalue weighted by Crippen LogP contribution is -2.40. The van der Waals surface area contributed by atoms with Crippen LogP contribution in [0.15, 0.2) is 0 Å². The van der Waals surface area contributed by atoms with E-state index in [1.54, 1.807) is 6.92 Å². The number of carboxylic acid groups (broad SMARTS) is 1. The van der Waals surface area contributed by atoms with E-state index in [-0.39, 0.29) is 30.7 Å². The quantitative estimate of drug-likeness (QED) is 0.663. The normalized spacial score (nSPS) is 23.2. The molecule has 1 saturated carbocycles. The summed E-state index contributed by atoms with van der Waals surface area (Å²) in [5.41, 5.74) is 0. The average molecular weight is 307 g/mol. The zero-order chi connectivity index (χ0) is 15.2. The van der Waals surface area contributed by atoms with Crippen LogP contribution in [-0.2, 0) is 24.3 Å². The number of sulfonamides is 1. The van der Waals surface area contributed by atoms with Crippen molar-refractivity contribution in [3.63, 3.8) is 0 Å². The zero-order valence-corrected chi connectivity index (χ0v) is 12.3. The van der Waals surface area contributed by atoms with Crippen molar-refractivity contribution >= 4 is 22.0 Å².